The topological polar surface area (TPSA) is 52.3 Å². The summed E-state index contributed by atoms with van der Waals surface area (Å²) in [6.45, 7) is 6.17. The molecule has 1 aromatic rings. The number of carbonyl (C=O) groups is 1. The zero-order chi connectivity index (χ0) is 12.3. The van der Waals surface area contributed by atoms with E-state index in [4.69, 9.17) is 22.1 Å². The van der Waals surface area contributed by atoms with E-state index in [2.05, 4.69) is 0 Å². The maximum absolute atomic E-state index is 11.4. The highest BCUT2D eigenvalue weighted by molar-refractivity contribution is 6.32. The molecule has 0 aliphatic carbocycles. The monoisotopic (exact) mass is 241 g/mol. The largest absolute Gasteiger partial charge is 0.492 e. The molecule has 0 spiro atoms. The number of nitrogens with two attached hydrogens (primary N) is 1. The van der Waals surface area contributed by atoms with Gasteiger partial charge in [-0.1, -0.05) is 18.5 Å². The third-order valence-electron chi connectivity index (χ3n) is 2.36. The predicted molar refractivity (Wildman–Crippen MR) is 65.2 cm³/mol. The normalized spacial score (nSPS) is 10.2. The van der Waals surface area contributed by atoms with Crippen molar-refractivity contribution in [2.24, 2.45) is 5.73 Å². The van der Waals surface area contributed by atoms with Gasteiger partial charge in [0, 0.05) is 5.02 Å². The molecule has 1 aromatic carbocycles. The number of ether oxygens (including phenoxy) is 1. The summed E-state index contributed by atoms with van der Waals surface area (Å²) in [7, 11) is 0. The van der Waals surface area contributed by atoms with Crippen LogP contribution in [0.2, 0.25) is 5.02 Å². The van der Waals surface area contributed by atoms with Crippen molar-refractivity contribution in [2.75, 3.05) is 6.61 Å². The van der Waals surface area contributed by atoms with Crippen LogP contribution in [0, 0.1) is 13.8 Å². The predicted octanol–water partition coefficient (Wildman–Crippen LogP) is 2.84. The van der Waals surface area contributed by atoms with Gasteiger partial charge in [0.25, 0.3) is 5.91 Å². The zero-order valence-electron chi connectivity index (χ0n) is 9.76. The minimum Gasteiger partial charge on any atom is -0.492 e. The molecule has 88 valence electrons. The molecule has 0 saturated heterocycles. The maximum atomic E-state index is 11.4. The molecule has 0 atom stereocenters. The number of halogens is 1. The summed E-state index contributed by atoms with van der Waals surface area (Å²) < 4.78 is 5.55. The molecule has 0 aromatic heterocycles. The number of aryl methyl sites for hydroxylation is 1. The average molecular weight is 242 g/mol. The summed E-state index contributed by atoms with van der Waals surface area (Å²) in [5.74, 6) is 0.0467. The number of rotatable bonds is 4. The van der Waals surface area contributed by atoms with Crippen molar-refractivity contribution in [1.82, 2.24) is 0 Å². The third kappa shape index (κ3) is 2.47. The zero-order valence-corrected chi connectivity index (χ0v) is 10.5. The highest BCUT2D eigenvalue weighted by Crippen LogP contribution is 2.31. The molecule has 0 saturated carbocycles. The van der Waals surface area contributed by atoms with Crippen LogP contribution < -0.4 is 10.5 Å². The van der Waals surface area contributed by atoms with Gasteiger partial charge < -0.3 is 10.5 Å². The molecular formula is C12H16ClNO2. The van der Waals surface area contributed by atoms with E-state index in [9.17, 15) is 4.79 Å². The van der Waals surface area contributed by atoms with Crippen LogP contribution in [-0.2, 0) is 0 Å². The first-order valence-electron chi connectivity index (χ1n) is 5.21. The molecule has 4 heteroatoms. The second-order valence-electron chi connectivity index (χ2n) is 3.72. The number of hydrogen-bond donors (Lipinski definition) is 1. The Morgan fingerprint density at radius 1 is 1.50 bits per heavy atom. The van der Waals surface area contributed by atoms with Gasteiger partial charge in [0.1, 0.15) is 5.75 Å². The number of benzene rings is 1. The molecule has 0 fully saturated rings. The standard InChI is InChI=1S/C12H16ClNO2/c1-4-5-16-11-7(2)6-9(13)8(3)10(11)12(14)15/h6H,4-5H2,1-3H3,(H2,14,15). The molecule has 1 amide bonds. The van der Waals surface area contributed by atoms with Gasteiger partial charge in [-0.05, 0) is 37.5 Å². The van der Waals surface area contributed by atoms with Crippen molar-refractivity contribution >= 4 is 17.5 Å². The summed E-state index contributed by atoms with van der Waals surface area (Å²) in [5, 5.41) is 0.537. The first-order chi connectivity index (χ1) is 7.49. The minimum atomic E-state index is -0.505. The lowest BCUT2D eigenvalue weighted by Gasteiger charge is -2.15. The van der Waals surface area contributed by atoms with Gasteiger partial charge in [0.15, 0.2) is 0 Å². The smallest absolute Gasteiger partial charge is 0.252 e. The number of carbonyl (C=O) groups excluding carboxylic acids is 1. The van der Waals surface area contributed by atoms with E-state index in [-0.39, 0.29) is 0 Å². The summed E-state index contributed by atoms with van der Waals surface area (Å²) in [6, 6.07) is 1.79. The fourth-order valence-electron chi connectivity index (χ4n) is 1.54. The van der Waals surface area contributed by atoms with Crippen molar-refractivity contribution in [1.29, 1.82) is 0 Å². The second kappa shape index (κ2) is 5.21. The van der Waals surface area contributed by atoms with Crippen LogP contribution in [0.4, 0.5) is 0 Å². The second-order valence-corrected chi connectivity index (χ2v) is 4.12. The lowest BCUT2D eigenvalue weighted by molar-refractivity contribution is 0.0995. The quantitative estimate of drug-likeness (QED) is 0.881. The summed E-state index contributed by atoms with van der Waals surface area (Å²) in [5.41, 5.74) is 7.24. The van der Waals surface area contributed by atoms with Crippen LogP contribution in [0.5, 0.6) is 5.75 Å². The maximum Gasteiger partial charge on any atom is 0.252 e. The van der Waals surface area contributed by atoms with E-state index in [1.807, 2.05) is 13.8 Å². The highest BCUT2D eigenvalue weighted by atomic mass is 35.5. The molecule has 0 aliphatic heterocycles. The first kappa shape index (κ1) is 12.8. The molecule has 3 nitrogen and oxygen atoms in total. The van der Waals surface area contributed by atoms with Crippen molar-refractivity contribution in [3.8, 4) is 5.75 Å². The molecule has 0 heterocycles. The minimum absolute atomic E-state index is 0.387. The molecule has 0 bridgehead atoms. The Morgan fingerprint density at radius 2 is 2.12 bits per heavy atom. The Balaban J connectivity index is 3.32. The summed E-state index contributed by atoms with van der Waals surface area (Å²) in [6.07, 6.45) is 0.874. The van der Waals surface area contributed by atoms with E-state index in [1.54, 1.807) is 13.0 Å². The van der Waals surface area contributed by atoms with E-state index in [0.717, 1.165) is 12.0 Å². The van der Waals surface area contributed by atoms with Crippen LogP contribution in [0.3, 0.4) is 0 Å². The first-order valence-corrected chi connectivity index (χ1v) is 5.59. The third-order valence-corrected chi connectivity index (χ3v) is 2.75. The van der Waals surface area contributed by atoms with Gasteiger partial charge in [-0.2, -0.15) is 0 Å². The Morgan fingerprint density at radius 3 is 2.62 bits per heavy atom. The number of amides is 1. The fraction of sp³-hybridized carbons (Fsp3) is 0.417. The molecule has 0 radical (unpaired) electrons. The number of hydrogen-bond acceptors (Lipinski definition) is 2. The molecule has 0 unspecified atom stereocenters. The Labute approximate surface area is 101 Å². The summed E-state index contributed by atoms with van der Waals surface area (Å²) >= 11 is 6.01. The van der Waals surface area contributed by atoms with E-state index in [0.29, 0.717) is 28.5 Å². The van der Waals surface area contributed by atoms with Crippen LogP contribution in [-0.4, -0.2) is 12.5 Å². The SMILES string of the molecule is CCCOc1c(C)cc(Cl)c(C)c1C(N)=O. The van der Waals surface area contributed by atoms with E-state index in [1.165, 1.54) is 0 Å². The lowest BCUT2D eigenvalue weighted by Crippen LogP contribution is -2.16. The fourth-order valence-corrected chi connectivity index (χ4v) is 1.80. The van der Waals surface area contributed by atoms with Crippen molar-refractivity contribution in [3.63, 3.8) is 0 Å². The van der Waals surface area contributed by atoms with Crippen molar-refractivity contribution in [3.05, 3.63) is 27.8 Å². The van der Waals surface area contributed by atoms with Gasteiger partial charge in [0.05, 0.1) is 12.2 Å². The summed E-state index contributed by atoms with van der Waals surface area (Å²) in [4.78, 5) is 11.4. The van der Waals surface area contributed by atoms with Crippen molar-refractivity contribution in [2.45, 2.75) is 27.2 Å². The molecule has 1 rings (SSSR count). The number of primary amides is 1. The molecule has 2 N–H and O–H groups in total. The van der Waals surface area contributed by atoms with Crippen LogP contribution >= 0.6 is 11.6 Å². The van der Waals surface area contributed by atoms with Gasteiger partial charge in [-0.3, -0.25) is 4.79 Å². The molecule has 16 heavy (non-hydrogen) atoms. The Bertz CT molecular complexity index is 416. The average Bonchev–Trinajstić information content (AvgIpc) is 2.20. The van der Waals surface area contributed by atoms with Gasteiger partial charge >= 0.3 is 0 Å². The van der Waals surface area contributed by atoms with Crippen LogP contribution in [0.15, 0.2) is 6.07 Å². The van der Waals surface area contributed by atoms with Crippen molar-refractivity contribution < 1.29 is 9.53 Å². The Hall–Kier alpha value is -1.22. The van der Waals surface area contributed by atoms with Gasteiger partial charge in [-0.25, -0.2) is 0 Å². The molecule has 0 aliphatic rings. The lowest BCUT2D eigenvalue weighted by atomic mass is 10.0. The van der Waals surface area contributed by atoms with Crippen LogP contribution in [0.1, 0.15) is 34.8 Å². The highest BCUT2D eigenvalue weighted by Gasteiger charge is 2.17. The van der Waals surface area contributed by atoms with E-state index >= 15 is 0 Å². The Kier molecular flexibility index (Phi) is 4.19. The molecular weight excluding hydrogens is 226 g/mol. The van der Waals surface area contributed by atoms with Gasteiger partial charge in [0.2, 0.25) is 0 Å². The van der Waals surface area contributed by atoms with Crippen LogP contribution in [0.25, 0.3) is 0 Å². The van der Waals surface area contributed by atoms with E-state index < -0.39 is 5.91 Å². The van der Waals surface area contributed by atoms with Gasteiger partial charge in [-0.15, -0.1) is 0 Å².